The van der Waals surface area contributed by atoms with Gasteiger partial charge in [-0.2, -0.15) is 0 Å². The summed E-state index contributed by atoms with van der Waals surface area (Å²) in [7, 11) is 0. The Labute approximate surface area is 201 Å². The summed E-state index contributed by atoms with van der Waals surface area (Å²) in [5.41, 5.74) is 2.49. The van der Waals surface area contributed by atoms with Gasteiger partial charge < -0.3 is 20.2 Å². The van der Waals surface area contributed by atoms with Gasteiger partial charge in [0.15, 0.2) is 6.23 Å². The number of carbonyl (C=O) groups excluding carboxylic acids is 2. The van der Waals surface area contributed by atoms with Crippen LogP contribution in [0.4, 0.5) is 11.4 Å². The van der Waals surface area contributed by atoms with E-state index in [1.807, 2.05) is 18.2 Å². The molecule has 2 unspecified atom stereocenters. The van der Waals surface area contributed by atoms with Crippen molar-refractivity contribution < 1.29 is 14.7 Å². The molecule has 1 aromatic heterocycles. The van der Waals surface area contributed by atoms with Gasteiger partial charge in [0, 0.05) is 43.3 Å². The molecule has 3 aliphatic heterocycles. The lowest BCUT2D eigenvalue weighted by Gasteiger charge is -2.35. The Balaban J connectivity index is 1.25. The number of nitrogens with one attached hydrogen (secondary N) is 1. The third-order valence-corrected chi connectivity index (χ3v) is 7.96. The summed E-state index contributed by atoms with van der Waals surface area (Å²) in [5, 5.41) is 13.8. The largest absolute Gasteiger partial charge is 0.371 e. The van der Waals surface area contributed by atoms with Crippen molar-refractivity contribution in [3.8, 4) is 0 Å². The van der Waals surface area contributed by atoms with Crippen molar-refractivity contribution in [3.63, 3.8) is 0 Å². The van der Waals surface area contributed by atoms with Crippen LogP contribution in [0, 0.1) is 5.92 Å². The van der Waals surface area contributed by atoms with Gasteiger partial charge in [-0.15, -0.1) is 23.4 Å². The fraction of sp³-hybridized carbons (Fsp3) is 0.375. The molecule has 172 valence electrons. The Morgan fingerprint density at radius 1 is 1.21 bits per heavy atom. The molecule has 2 atom stereocenters. The highest BCUT2D eigenvalue weighted by Crippen LogP contribution is 2.39. The minimum atomic E-state index is -1.00. The van der Waals surface area contributed by atoms with Crippen molar-refractivity contribution in [1.82, 2.24) is 9.88 Å². The second-order valence-electron chi connectivity index (χ2n) is 8.52. The van der Waals surface area contributed by atoms with E-state index in [0.29, 0.717) is 40.6 Å². The van der Waals surface area contributed by atoms with Crippen LogP contribution < -0.4 is 10.2 Å². The van der Waals surface area contributed by atoms with Crippen molar-refractivity contribution in [1.29, 1.82) is 0 Å². The molecule has 0 radical (unpaired) electrons. The molecular weight excluding hydrogens is 460 g/mol. The van der Waals surface area contributed by atoms with Gasteiger partial charge in [-0.05, 0) is 43.4 Å². The lowest BCUT2D eigenvalue weighted by Crippen LogP contribution is -2.40. The normalized spacial score (nSPS) is 23.0. The number of aromatic nitrogens is 1. The number of thioether (sulfide) groups is 1. The maximum Gasteiger partial charge on any atom is 0.261 e. The van der Waals surface area contributed by atoms with Crippen LogP contribution in [0.3, 0.4) is 0 Å². The molecule has 3 aliphatic rings. The number of benzene rings is 1. The molecule has 0 spiro atoms. The monoisotopic (exact) mass is 484 g/mol. The van der Waals surface area contributed by atoms with Crippen LogP contribution in [0.2, 0.25) is 0 Å². The average molecular weight is 485 g/mol. The Morgan fingerprint density at radius 3 is 2.67 bits per heavy atom. The number of aliphatic hydroxyl groups excluding tert-OH is 1. The van der Waals surface area contributed by atoms with Crippen LogP contribution in [0.15, 0.2) is 53.7 Å². The van der Waals surface area contributed by atoms with Crippen molar-refractivity contribution in [3.05, 3.63) is 64.8 Å². The minimum Gasteiger partial charge on any atom is -0.371 e. The first-order valence-electron chi connectivity index (χ1n) is 11.1. The van der Waals surface area contributed by atoms with Crippen LogP contribution in [0.1, 0.15) is 41.4 Å². The summed E-state index contributed by atoms with van der Waals surface area (Å²) in [4.78, 5) is 34.4. The molecular formula is C24H25ClN4O3S. The van der Waals surface area contributed by atoms with Gasteiger partial charge in [-0.1, -0.05) is 18.2 Å². The number of fused-ring (bicyclic) bond motifs is 1. The second-order valence-corrected chi connectivity index (χ2v) is 10.6. The van der Waals surface area contributed by atoms with Crippen LogP contribution >= 0.6 is 23.4 Å². The molecule has 0 aliphatic carbocycles. The van der Waals surface area contributed by atoms with Crippen molar-refractivity contribution in [2.45, 2.75) is 30.2 Å². The summed E-state index contributed by atoms with van der Waals surface area (Å²) in [6, 6.07) is 9.22. The van der Waals surface area contributed by atoms with E-state index < -0.39 is 6.23 Å². The topological polar surface area (TPSA) is 85.8 Å². The van der Waals surface area contributed by atoms with Gasteiger partial charge in [0.2, 0.25) is 0 Å². The van der Waals surface area contributed by atoms with Crippen molar-refractivity contribution in [2.24, 2.45) is 5.92 Å². The number of pyridine rings is 1. The number of alkyl halides is 1. The van der Waals surface area contributed by atoms with E-state index in [-0.39, 0.29) is 16.5 Å². The Kier molecular flexibility index (Phi) is 6.32. The first-order valence-corrected chi connectivity index (χ1v) is 12.4. The summed E-state index contributed by atoms with van der Waals surface area (Å²) in [5.74, 6) is -0.219. The van der Waals surface area contributed by atoms with E-state index in [1.165, 1.54) is 16.7 Å². The van der Waals surface area contributed by atoms with E-state index in [4.69, 9.17) is 11.6 Å². The SMILES string of the molecule is O=C(Nc1cccc2c1C(=O)N(CC1CCN(c3ccncc3)CC1)C2O)C1=CCC(Cl)S1. The molecule has 2 aromatic rings. The van der Waals surface area contributed by atoms with E-state index >= 15 is 0 Å². The first-order chi connectivity index (χ1) is 16.0. The molecule has 33 heavy (non-hydrogen) atoms. The molecule has 1 fully saturated rings. The van der Waals surface area contributed by atoms with Crippen LogP contribution in [0.25, 0.3) is 0 Å². The molecule has 1 saturated heterocycles. The molecule has 2 amide bonds. The number of halogens is 1. The highest BCUT2D eigenvalue weighted by molar-refractivity contribution is 8.05. The fourth-order valence-electron chi connectivity index (χ4n) is 4.70. The van der Waals surface area contributed by atoms with E-state index in [9.17, 15) is 14.7 Å². The summed E-state index contributed by atoms with van der Waals surface area (Å²) in [6.45, 7) is 2.28. The third kappa shape index (κ3) is 4.47. The van der Waals surface area contributed by atoms with Crippen molar-refractivity contribution in [2.75, 3.05) is 29.9 Å². The molecule has 9 heteroatoms. The van der Waals surface area contributed by atoms with Crippen LogP contribution in [0.5, 0.6) is 0 Å². The van der Waals surface area contributed by atoms with E-state index in [0.717, 1.165) is 31.6 Å². The number of aliphatic hydroxyl groups is 1. The molecule has 1 aromatic carbocycles. The molecule has 0 bridgehead atoms. The average Bonchev–Trinajstić information content (AvgIpc) is 3.38. The standard InChI is InChI=1S/C24H25ClN4O3S/c25-20-5-4-19(33-20)22(30)27-18-3-1-2-17-21(18)24(32)29(23(17)31)14-15-8-12-28(13-9-15)16-6-10-26-11-7-16/h1-4,6-7,10-11,15,20,23,31H,5,8-9,12-14H2,(H,27,30). The maximum absolute atomic E-state index is 13.3. The van der Waals surface area contributed by atoms with E-state index in [1.54, 1.807) is 30.6 Å². The zero-order valence-corrected chi connectivity index (χ0v) is 19.6. The number of piperidine rings is 1. The lowest BCUT2D eigenvalue weighted by atomic mass is 9.96. The zero-order chi connectivity index (χ0) is 22.9. The number of rotatable bonds is 5. The fourth-order valence-corrected chi connectivity index (χ4v) is 5.90. The number of hydrogen-bond donors (Lipinski definition) is 2. The number of allylic oxidation sites excluding steroid dienone is 1. The van der Waals surface area contributed by atoms with Gasteiger partial charge in [0.25, 0.3) is 11.8 Å². The highest BCUT2D eigenvalue weighted by Gasteiger charge is 2.39. The first kappa shape index (κ1) is 22.3. The smallest absolute Gasteiger partial charge is 0.261 e. The Hall–Kier alpha value is -2.55. The molecule has 2 N–H and O–H groups in total. The second kappa shape index (κ2) is 9.37. The number of hydrogen-bond acceptors (Lipinski definition) is 6. The lowest BCUT2D eigenvalue weighted by molar-refractivity contribution is -0.112. The predicted molar refractivity (Wildman–Crippen MR) is 130 cm³/mol. The van der Waals surface area contributed by atoms with Gasteiger partial charge in [-0.3, -0.25) is 14.6 Å². The Bertz CT molecular complexity index is 1090. The third-order valence-electron chi connectivity index (χ3n) is 6.46. The maximum atomic E-state index is 13.3. The minimum absolute atomic E-state index is 0.142. The summed E-state index contributed by atoms with van der Waals surface area (Å²) in [6.07, 6.45) is 6.90. The van der Waals surface area contributed by atoms with Crippen LogP contribution in [-0.4, -0.2) is 51.1 Å². The molecule has 5 rings (SSSR count). The number of anilines is 2. The van der Waals surface area contributed by atoms with Crippen molar-refractivity contribution >= 4 is 46.6 Å². The van der Waals surface area contributed by atoms with Gasteiger partial charge >= 0.3 is 0 Å². The Morgan fingerprint density at radius 2 is 1.97 bits per heavy atom. The molecule has 7 nitrogen and oxygen atoms in total. The predicted octanol–water partition coefficient (Wildman–Crippen LogP) is 3.97. The van der Waals surface area contributed by atoms with Crippen LogP contribution in [-0.2, 0) is 4.79 Å². The van der Waals surface area contributed by atoms with E-state index in [2.05, 4.69) is 15.2 Å². The highest BCUT2D eigenvalue weighted by atomic mass is 35.5. The summed E-state index contributed by atoms with van der Waals surface area (Å²) >= 11 is 7.39. The van der Waals surface area contributed by atoms with Gasteiger partial charge in [-0.25, -0.2) is 0 Å². The molecule has 0 saturated carbocycles. The van der Waals surface area contributed by atoms with Gasteiger partial charge in [0.1, 0.15) is 0 Å². The number of amides is 2. The van der Waals surface area contributed by atoms with Gasteiger partial charge in [0.05, 0.1) is 20.9 Å². The zero-order valence-electron chi connectivity index (χ0n) is 18.0. The number of carbonyl (C=O) groups is 2. The summed E-state index contributed by atoms with van der Waals surface area (Å²) < 4.78 is -0.142. The number of nitrogens with zero attached hydrogens (tertiary/aromatic N) is 3. The quantitative estimate of drug-likeness (QED) is 0.624. The molecule has 4 heterocycles.